The van der Waals surface area contributed by atoms with Crippen molar-refractivity contribution in [3.63, 3.8) is 0 Å². The quantitative estimate of drug-likeness (QED) is 0.110. The number of unbranched alkanes of at least 4 members (excludes halogenated alkanes) is 1. The number of hydrogen-bond acceptors (Lipinski definition) is 8. The summed E-state index contributed by atoms with van der Waals surface area (Å²) in [6, 6.07) is 20.0. The molecule has 3 amide bonds. The largest absolute Gasteiger partial charge is 0.494 e. The number of carbonyl (C=O) groups is 3. The average molecular weight is 761 g/mol. The van der Waals surface area contributed by atoms with Crippen LogP contribution in [0.15, 0.2) is 66.7 Å². The first-order valence-electron chi connectivity index (χ1n) is 19.0. The zero-order valence-corrected chi connectivity index (χ0v) is 32.9. The van der Waals surface area contributed by atoms with Crippen LogP contribution in [0.4, 0.5) is 21.2 Å². The second kappa shape index (κ2) is 16.3. The molecule has 3 heterocycles. The molecule has 11 nitrogen and oxygen atoms in total. The van der Waals surface area contributed by atoms with Gasteiger partial charge in [-0.25, -0.2) is 0 Å². The number of benzene rings is 3. The smallest absolute Gasteiger partial charge is 0.264 e. The maximum atomic E-state index is 16.5. The molecule has 0 saturated carbocycles. The van der Waals surface area contributed by atoms with Gasteiger partial charge in [-0.05, 0) is 93.4 Å². The Hall–Kier alpha value is -4.14. The van der Waals surface area contributed by atoms with E-state index in [1.807, 2.05) is 80.6 Å². The predicted octanol–water partition coefficient (Wildman–Crippen LogP) is 5.20. The van der Waals surface area contributed by atoms with Crippen LogP contribution in [0.1, 0.15) is 49.8 Å². The molecule has 54 heavy (non-hydrogen) atoms. The highest BCUT2D eigenvalue weighted by Gasteiger charge is 2.66. The van der Waals surface area contributed by atoms with E-state index in [0.29, 0.717) is 60.8 Å². The summed E-state index contributed by atoms with van der Waals surface area (Å²) in [6.45, 7) is 8.21. The first kappa shape index (κ1) is 39.5. The van der Waals surface area contributed by atoms with Gasteiger partial charge in [0, 0.05) is 49.5 Å². The minimum Gasteiger partial charge on any atom is -0.494 e. The lowest BCUT2D eigenvalue weighted by molar-refractivity contribution is -0.149. The third-order valence-corrected chi connectivity index (χ3v) is 13.6. The van der Waals surface area contributed by atoms with E-state index in [-0.39, 0.29) is 50.4 Å². The first-order valence-corrected chi connectivity index (χ1v) is 22.0. The third kappa shape index (κ3) is 7.44. The number of aliphatic hydroxyl groups is 2. The number of halogens is 1. The van der Waals surface area contributed by atoms with Gasteiger partial charge in [0.05, 0.1) is 43.2 Å². The number of aliphatic hydroxyl groups excluding tert-OH is 2. The van der Waals surface area contributed by atoms with Crippen molar-refractivity contribution in [2.24, 2.45) is 5.92 Å². The van der Waals surface area contributed by atoms with Crippen molar-refractivity contribution in [3.8, 4) is 5.75 Å². The summed E-state index contributed by atoms with van der Waals surface area (Å²) in [7, 11) is -1.90. The molecule has 290 valence electrons. The van der Waals surface area contributed by atoms with Crippen molar-refractivity contribution in [2.75, 3.05) is 49.8 Å². The molecule has 5 atom stereocenters. The van der Waals surface area contributed by atoms with Gasteiger partial charge in [-0.15, -0.1) is 0 Å². The van der Waals surface area contributed by atoms with E-state index < -0.39 is 37.6 Å². The van der Waals surface area contributed by atoms with E-state index in [0.717, 1.165) is 11.1 Å². The van der Waals surface area contributed by atoms with E-state index in [4.69, 9.17) is 9.47 Å². The number of rotatable bonds is 15. The Morgan fingerprint density at radius 2 is 1.80 bits per heavy atom. The van der Waals surface area contributed by atoms with Crippen LogP contribution in [0.2, 0.25) is 18.6 Å². The van der Waals surface area contributed by atoms with E-state index in [1.165, 1.54) is 4.90 Å². The molecule has 13 heteroatoms. The molecule has 0 bridgehead atoms. The number of ether oxygens (including phenoxy) is 2. The Labute approximate surface area is 318 Å². The zero-order chi connectivity index (χ0) is 38.8. The standard InChI is InChI=1S/C41H53FN4O7Si/c1-6-52-31-15-17-34-29(22-31)23-33(43-18-10-11-20-47)39(50)46(34)30-14-16-35-32(24-30)41(40(51)44(35)3)27(2)38(54(4,5)42)36(53-41)25-37(49)45(19-21-48)26-28-12-8-7-9-13-28/h7-9,12-17,22,24,27,33,36,38,43,47-48H,6,10-11,18-21,23,25-26H2,1-5H3/t27-,33?,36+,38-,41+/m0/s1. The van der Waals surface area contributed by atoms with Crippen molar-refractivity contribution in [2.45, 2.75) is 82.5 Å². The van der Waals surface area contributed by atoms with Crippen LogP contribution in [-0.4, -0.2) is 93.3 Å². The summed E-state index contributed by atoms with van der Waals surface area (Å²) in [5.74, 6) is -0.731. The number of nitrogens with zero attached hydrogens (tertiary/aromatic N) is 3. The molecule has 0 radical (unpaired) electrons. The first-order chi connectivity index (χ1) is 25.8. The summed E-state index contributed by atoms with van der Waals surface area (Å²) >= 11 is 0. The molecule has 0 aromatic heterocycles. The van der Waals surface area contributed by atoms with Crippen molar-refractivity contribution < 1.29 is 38.2 Å². The van der Waals surface area contributed by atoms with Gasteiger partial charge in [-0.1, -0.05) is 37.3 Å². The van der Waals surface area contributed by atoms with Crippen LogP contribution < -0.4 is 19.9 Å². The molecule has 6 rings (SSSR count). The van der Waals surface area contributed by atoms with Crippen molar-refractivity contribution in [1.29, 1.82) is 0 Å². The molecule has 3 aliphatic heterocycles. The SMILES string of the molecule is CCOc1ccc2c(c1)CC(NCCCCO)C(=O)N2c1ccc2c(c1)[C@@]1(O[C@H](CC(=O)N(CCO)Cc3ccccc3)[C@@H]([Si](C)(C)F)[C@@H]1C)C(=O)N2C. The van der Waals surface area contributed by atoms with Gasteiger partial charge in [-0.2, -0.15) is 0 Å². The van der Waals surface area contributed by atoms with Gasteiger partial charge in [-0.3, -0.25) is 19.3 Å². The Kier molecular flexibility index (Phi) is 11.9. The number of fused-ring (bicyclic) bond motifs is 3. The zero-order valence-electron chi connectivity index (χ0n) is 31.9. The van der Waals surface area contributed by atoms with E-state index >= 15 is 4.11 Å². The minimum atomic E-state index is -3.57. The fourth-order valence-electron chi connectivity index (χ4n) is 8.72. The molecular formula is C41H53FN4O7Si. The molecule has 3 N–H and O–H groups in total. The fraction of sp³-hybridized carbons (Fsp3) is 0.488. The molecule has 3 aliphatic rings. The summed E-state index contributed by atoms with van der Waals surface area (Å²) < 4.78 is 29.2. The molecule has 1 fully saturated rings. The fourth-order valence-corrected chi connectivity index (χ4v) is 11.2. The number of likely N-dealkylation sites (N-methyl/N-ethyl adjacent to an activating group) is 1. The second-order valence-corrected chi connectivity index (χ2v) is 18.9. The van der Waals surface area contributed by atoms with Crippen LogP contribution in [0, 0.1) is 5.92 Å². The monoisotopic (exact) mass is 760 g/mol. The van der Waals surface area contributed by atoms with E-state index in [2.05, 4.69) is 5.32 Å². The topological polar surface area (TPSA) is 132 Å². The lowest BCUT2D eigenvalue weighted by Gasteiger charge is -2.36. The predicted molar refractivity (Wildman–Crippen MR) is 208 cm³/mol. The third-order valence-electron chi connectivity index (χ3n) is 11.2. The molecular weight excluding hydrogens is 708 g/mol. The Balaban J connectivity index is 1.38. The van der Waals surface area contributed by atoms with Gasteiger partial charge in [0.25, 0.3) is 5.91 Å². The van der Waals surface area contributed by atoms with Gasteiger partial charge in [0.15, 0.2) is 5.60 Å². The number of nitrogens with one attached hydrogen (secondary N) is 1. The highest BCUT2D eigenvalue weighted by Crippen LogP contribution is 2.60. The molecule has 3 aromatic carbocycles. The van der Waals surface area contributed by atoms with Gasteiger partial charge in [0.1, 0.15) is 5.75 Å². The maximum Gasteiger partial charge on any atom is 0.264 e. The maximum absolute atomic E-state index is 16.5. The van der Waals surface area contributed by atoms with Gasteiger partial charge < -0.3 is 38.9 Å². The van der Waals surface area contributed by atoms with Crippen molar-refractivity contribution in [3.05, 3.63) is 83.4 Å². The number of carbonyl (C=O) groups excluding carboxylic acids is 3. The molecule has 3 aromatic rings. The Morgan fingerprint density at radius 1 is 1.06 bits per heavy atom. The minimum absolute atomic E-state index is 0.0735. The summed E-state index contributed by atoms with van der Waals surface area (Å²) in [5, 5.41) is 22.5. The molecule has 1 unspecified atom stereocenters. The second-order valence-electron chi connectivity index (χ2n) is 15.1. The lowest BCUT2D eigenvalue weighted by atomic mass is 9.82. The van der Waals surface area contributed by atoms with Crippen LogP contribution in [0.5, 0.6) is 5.75 Å². The van der Waals surface area contributed by atoms with Crippen LogP contribution >= 0.6 is 0 Å². The normalized spacial score (nSPS) is 23.6. The van der Waals surface area contributed by atoms with Gasteiger partial charge in [0.2, 0.25) is 20.2 Å². The van der Waals surface area contributed by atoms with Crippen molar-refractivity contribution in [1.82, 2.24) is 10.2 Å². The highest BCUT2D eigenvalue weighted by molar-refractivity contribution is 6.72. The van der Waals surface area contributed by atoms with Crippen LogP contribution in [-0.2, 0) is 37.7 Å². The van der Waals surface area contributed by atoms with E-state index in [1.54, 1.807) is 29.9 Å². The summed E-state index contributed by atoms with van der Waals surface area (Å²) in [6.07, 6.45) is 0.727. The van der Waals surface area contributed by atoms with Crippen LogP contribution in [0.3, 0.4) is 0 Å². The van der Waals surface area contributed by atoms with Crippen molar-refractivity contribution >= 4 is 43.2 Å². The summed E-state index contributed by atoms with van der Waals surface area (Å²) in [4.78, 5) is 47.5. The number of amides is 3. The highest BCUT2D eigenvalue weighted by atomic mass is 28.4. The lowest BCUT2D eigenvalue weighted by Crippen LogP contribution is -2.49. The summed E-state index contributed by atoms with van der Waals surface area (Å²) in [5.41, 5.74) is 1.89. The molecule has 0 aliphatic carbocycles. The Bertz CT molecular complexity index is 1840. The Morgan fingerprint density at radius 3 is 2.48 bits per heavy atom. The molecule has 1 spiro atoms. The number of hydrogen-bond donors (Lipinski definition) is 3. The van der Waals surface area contributed by atoms with Gasteiger partial charge >= 0.3 is 0 Å². The molecule has 1 saturated heterocycles. The van der Waals surface area contributed by atoms with E-state index in [9.17, 15) is 24.6 Å². The van der Waals surface area contributed by atoms with Crippen LogP contribution in [0.25, 0.3) is 0 Å². The average Bonchev–Trinajstić information content (AvgIpc) is 3.55. The number of anilines is 3.